The van der Waals surface area contributed by atoms with E-state index in [-0.39, 0.29) is 11.8 Å². The van der Waals surface area contributed by atoms with E-state index in [1.54, 1.807) is 15.8 Å². The Morgan fingerprint density at radius 1 is 1.20 bits per heavy atom. The molecule has 2 aromatic heterocycles. The second-order valence-corrected chi connectivity index (χ2v) is 8.14. The van der Waals surface area contributed by atoms with E-state index in [1.165, 1.54) is 18.7 Å². The van der Waals surface area contributed by atoms with Crippen LogP contribution in [0.15, 0.2) is 53.8 Å². The maximum Gasteiger partial charge on any atom is 0.309 e. The van der Waals surface area contributed by atoms with Gasteiger partial charge < -0.3 is 5.11 Å². The first-order chi connectivity index (χ1) is 14.6. The van der Waals surface area contributed by atoms with Crippen molar-refractivity contribution in [2.45, 2.75) is 44.4 Å². The van der Waals surface area contributed by atoms with Crippen molar-refractivity contribution in [3.8, 4) is 17.1 Å². The van der Waals surface area contributed by atoms with Crippen LogP contribution in [-0.2, 0) is 4.79 Å². The second kappa shape index (κ2) is 8.79. The standard InChI is InChI=1S/C22H23N5O2S/c1-3-4-9-14-30-22-24-20(29)19-16-10-5-6-12-18(16)26(15(2)28)21(27(19)25-22)17-11-7-8-13-23-17/h5-8,10-13,21H,3-4,9,14H2,1-2H3. The first kappa shape index (κ1) is 20.3. The number of aromatic nitrogens is 4. The van der Waals surface area contributed by atoms with Crippen molar-refractivity contribution in [2.75, 3.05) is 10.7 Å². The Hall–Kier alpha value is -3.00. The smallest absolute Gasteiger partial charge is 0.309 e. The first-order valence-electron chi connectivity index (χ1n) is 10.1. The molecule has 3 heterocycles. The molecule has 1 aliphatic rings. The van der Waals surface area contributed by atoms with E-state index in [2.05, 4.69) is 16.9 Å². The number of pyridine rings is 1. The first-order valence-corrected chi connectivity index (χ1v) is 11.0. The van der Waals surface area contributed by atoms with Crippen LogP contribution < -0.4 is 14.7 Å². The zero-order valence-electron chi connectivity index (χ0n) is 17.0. The van der Waals surface area contributed by atoms with Crippen molar-refractivity contribution in [2.24, 2.45) is 0 Å². The van der Waals surface area contributed by atoms with Gasteiger partial charge in [-0.15, -0.1) is 0 Å². The summed E-state index contributed by atoms with van der Waals surface area (Å²) in [6.45, 7) is 3.66. The van der Waals surface area contributed by atoms with Crippen LogP contribution in [0.1, 0.15) is 45.0 Å². The van der Waals surface area contributed by atoms with Gasteiger partial charge in [0, 0.05) is 24.0 Å². The quantitative estimate of drug-likeness (QED) is 0.345. The molecule has 1 aromatic carbocycles. The lowest BCUT2D eigenvalue weighted by molar-refractivity contribution is -0.764. The SMILES string of the molecule is CCCCCSc1nc([O-])c2[n+](n1)C(c1ccccn1)N(C(C)=O)c1ccccc1-2. The predicted molar refractivity (Wildman–Crippen MR) is 113 cm³/mol. The maximum absolute atomic E-state index is 13.1. The largest absolute Gasteiger partial charge is 0.854 e. The van der Waals surface area contributed by atoms with Gasteiger partial charge in [-0.25, -0.2) is 9.88 Å². The molecule has 0 radical (unpaired) electrons. The van der Waals surface area contributed by atoms with E-state index >= 15 is 0 Å². The molecule has 8 heteroatoms. The molecule has 0 saturated heterocycles. The highest BCUT2D eigenvalue weighted by Crippen LogP contribution is 2.40. The Labute approximate surface area is 179 Å². The van der Waals surface area contributed by atoms with E-state index in [1.807, 2.05) is 42.5 Å². The van der Waals surface area contributed by atoms with Crippen LogP contribution >= 0.6 is 11.8 Å². The van der Waals surface area contributed by atoms with E-state index < -0.39 is 6.17 Å². The fourth-order valence-corrected chi connectivity index (χ4v) is 4.47. The fraction of sp³-hybridized carbons (Fsp3) is 0.318. The van der Waals surface area contributed by atoms with Crippen LogP contribution in [0.2, 0.25) is 0 Å². The molecule has 1 amide bonds. The molecule has 0 spiro atoms. The molecule has 0 aliphatic carbocycles. The van der Waals surface area contributed by atoms with Crippen molar-refractivity contribution >= 4 is 23.4 Å². The van der Waals surface area contributed by atoms with Crippen molar-refractivity contribution in [1.82, 2.24) is 15.1 Å². The Morgan fingerprint density at radius 2 is 2.00 bits per heavy atom. The third kappa shape index (κ3) is 3.75. The number of benzene rings is 1. The molecule has 0 N–H and O–H groups in total. The summed E-state index contributed by atoms with van der Waals surface area (Å²) in [6, 6.07) is 12.9. The van der Waals surface area contributed by atoms with Crippen molar-refractivity contribution in [3.05, 3.63) is 54.4 Å². The number of hydrogen-bond acceptors (Lipinski definition) is 6. The number of para-hydroxylation sites is 1. The van der Waals surface area contributed by atoms with Crippen LogP contribution in [0.4, 0.5) is 5.69 Å². The summed E-state index contributed by atoms with van der Waals surface area (Å²) in [5, 5.41) is 18.2. The zero-order valence-corrected chi connectivity index (χ0v) is 17.8. The molecule has 30 heavy (non-hydrogen) atoms. The van der Waals surface area contributed by atoms with Gasteiger partial charge in [-0.3, -0.25) is 9.78 Å². The topological polar surface area (TPSA) is 85.9 Å². The van der Waals surface area contributed by atoms with Gasteiger partial charge in [0.1, 0.15) is 5.69 Å². The summed E-state index contributed by atoms with van der Waals surface area (Å²) in [4.78, 5) is 23.1. The van der Waals surface area contributed by atoms with Gasteiger partial charge >= 0.3 is 6.17 Å². The normalized spacial score (nSPS) is 14.9. The summed E-state index contributed by atoms with van der Waals surface area (Å²) >= 11 is 1.47. The average Bonchev–Trinajstić information content (AvgIpc) is 2.76. The van der Waals surface area contributed by atoms with Gasteiger partial charge in [-0.2, -0.15) is 0 Å². The van der Waals surface area contributed by atoms with Crippen molar-refractivity contribution in [1.29, 1.82) is 0 Å². The van der Waals surface area contributed by atoms with Crippen molar-refractivity contribution < 1.29 is 14.6 Å². The predicted octanol–water partition coefficient (Wildman–Crippen LogP) is 3.10. The molecule has 7 nitrogen and oxygen atoms in total. The van der Waals surface area contributed by atoms with E-state index in [9.17, 15) is 9.90 Å². The summed E-state index contributed by atoms with van der Waals surface area (Å²) in [7, 11) is 0. The van der Waals surface area contributed by atoms with E-state index in [4.69, 9.17) is 5.10 Å². The summed E-state index contributed by atoms with van der Waals surface area (Å²) in [5.41, 5.74) is 2.31. The van der Waals surface area contributed by atoms with Crippen molar-refractivity contribution in [3.63, 3.8) is 0 Å². The number of anilines is 1. The summed E-state index contributed by atoms with van der Waals surface area (Å²) in [6.07, 6.45) is 4.30. The number of rotatable bonds is 6. The number of unbranched alkanes of at least 4 members (excludes halogenated alkanes) is 2. The Balaban J connectivity index is 1.89. The Morgan fingerprint density at radius 3 is 2.73 bits per heavy atom. The zero-order chi connectivity index (χ0) is 21.1. The summed E-state index contributed by atoms with van der Waals surface area (Å²) in [5.74, 6) is 0.340. The minimum absolute atomic E-state index is 0.153. The molecule has 154 valence electrons. The summed E-state index contributed by atoms with van der Waals surface area (Å²) < 4.78 is 1.61. The number of amides is 1. The number of carbonyl (C=O) groups excluding carboxylic acids is 1. The Kier molecular flexibility index (Phi) is 5.94. The van der Waals surface area contributed by atoms with Crippen LogP contribution in [0.25, 0.3) is 11.3 Å². The molecule has 1 atom stereocenters. The second-order valence-electron chi connectivity index (χ2n) is 7.08. The average molecular weight is 422 g/mol. The van der Waals surface area contributed by atoms with Gasteiger partial charge in [-0.05, 0) is 30.7 Å². The molecule has 1 unspecified atom stereocenters. The monoisotopic (exact) mass is 421 g/mol. The third-order valence-electron chi connectivity index (χ3n) is 4.99. The van der Waals surface area contributed by atoms with Gasteiger partial charge in [-0.1, -0.05) is 54.4 Å². The third-order valence-corrected chi connectivity index (χ3v) is 5.91. The van der Waals surface area contributed by atoms with Gasteiger partial charge in [0.25, 0.3) is 10.9 Å². The number of fused-ring (bicyclic) bond motifs is 3. The number of hydrogen-bond donors (Lipinski definition) is 0. The van der Waals surface area contributed by atoms with Crippen LogP contribution in [0.3, 0.4) is 0 Å². The van der Waals surface area contributed by atoms with Gasteiger partial charge in [0.15, 0.2) is 0 Å². The molecule has 0 saturated carbocycles. The van der Waals surface area contributed by atoms with E-state index in [0.29, 0.717) is 27.8 Å². The molecule has 0 fully saturated rings. The Bertz CT molecular complexity index is 1060. The molecule has 3 aromatic rings. The number of carbonyl (C=O) groups is 1. The highest BCUT2D eigenvalue weighted by Gasteiger charge is 2.44. The molecular weight excluding hydrogens is 398 g/mol. The number of nitrogens with zero attached hydrogens (tertiary/aromatic N) is 5. The highest BCUT2D eigenvalue weighted by molar-refractivity contribution is 7.99. The molecular formula is C22H23N5O2S. The van der Waals surface area contributed by atoms with Crippen LogP contribution in [0.5, 0.6) is 5.88 Å². The van der Waals surface area contributed by atoms with Gasteiger partial charge in [0.05, 0.1) is 17.1 Å². The van der Waals surface area contributed by atoms with E-state index in [0.717, 1.165) is 25.0 Å². The molecule has 0 bridgehead atoms. The fourth-order valence-electron chi connectivity index (χ4n) is 3.65. The van der Waals surface area contributed by atoms with Crippen LogP contribution in [0, 0.1) is 0 Å². The lowest BCUT2D eigenvalue weighted by Gasteiger charge is -2.32. The lowest BCUT2D eigenvalue weighted by Crippen LogP contribution is -2.59. The highest BCUT2D eigenvalue weighted by atomic mass is 32.2. The van der Waals surface area contributed by atoms with Crippen LogP contribution in [-0.4, -0.2) is 26.7 Å². The minimum Gasteiger partial charge on any atom is -0.854 e. The molecule has 4 rings (SSSR count). The minimum atomic E-state index is -0.653. The van der Waals surface area contributed by atoms with Gasteiger partial charge in [0.2, 0.25) is 5.91 Å². The number of thioether (sulfide) groups is 1. The maximum atomic E-state index is 13.1. The molecule has 1 aliphatic heterocycles. The lowest BCUT2D eigenvalue weighted by atomic mass is 10.0.